The average molecular weight is 329 g/mol. The largest absolute Gasteiger partial charge is 0.468 e. The van der Waals surface area contributed by atoms with Gasteiger partial charge in [-0.2, -0.15) is 18.3 Å². The van der Waals surface area contributed by atoms with Crippen molar-refractivity contribution in [1.29, 1.82) is 0 Å². The Labute approximate surface area is 129 Å². The fourth-order valence-corrected chi connectivity index (χ4v) is 1.71. The zero-order valence-electron chi connectivity index (χ0n) is 12.3. The lowest BCUT2D eigenvalue weighted by Crippen LogP contribution is -2.21. The Kier molecular flexibility index (Phi) is 4.72. The number of anilines is 2. The number of carbonyl (C=O) groups is 1. The molecule has 0 aromatic carbocycles. The van der Waals surface area contributed by atoms with Gasteiger partial charge in [0.25, 0.3) is 0 Å². The Hall–Kier alpha value is -2.78. The summed E-state index contributed by atoms with van der Waals surface area (Å²) in [4.78, 5) is 15.5. The molecule has 2 rings (SSSR count). The van der Waals surface area contributed by atoms with Gasteiger partial charge >= 0.3 is 12.2 Å². The van der Waals surface area contributed by atoms with Crippen molar-refractivity contribution in [1.82, 2.24) is 15.2 Å². The second-order valence-electron chi connectivity index (χ2n) is 4.68. The summed E-state index contributed by atoms with van der Waals surface area (Å²) < 4.78 is 40.5. The van der Waals surface area contributed by atoms with Gasteiger partial charge in [0, 0.05) is 6.07 Å². The molecule has 0 bridgehead atoms. The van der Waals surface area contributed by atoms with E-state index in [4.69, 9.17) is 0 Å². The molecule has 7 nitrogen and oxygen atoms in total. The van der Waals surface area contributed by atoms with Crippen LogP contribution in [0.2, 0.25) is 0 Å². The van der Waals surface area contributed by atoms with Crippen LogP contribution in [0, 0.1) is 13.8 Å². The number of nitrogens with zero attached hydrogens (tertiary/aromatic N) is 2. The lowest BCUT2D eigenvalue weighted by atomic mass is 10.3. The summed E-state index contributed by atoms with van der Waals surface area (Å²) in [5.41, 5.74) is 2.19. The van der Waals surface area contributed by atoms with E-state index in [2.05, 4.69) is 30.6 Å². The highest BCUT2D eigenvalue weighted by molar-refractivity contribution is 6.00. The molecule has 3 N–H and O–H groups in total. The van der Waals surface area contributed by atoms with Crippen molar-refractivity contribution in [2.45, 2.75) is 20.0 Å². The number of aromatic amines is 1. The smallest absolute Gasteiger partial charge is 0.422 e. The van der Waals surface area contributed by atoms with Gasteiger partial charge in [-0.25, -0.2) is 9.78 Å². The molecule has 0 radical (unpaired) electrons. The van der Waals surface area contributed by atoms with E-state index >= 15 is 0 Å². The first kappa shape index (κ1) is 16.6. The number of alkyl halides is 3. The SMILES string of the molecule is Cc1n[nH]c(C)c1NC(=O)Nc1ccc(OCC(F)(F)F)nc1. The summed E-state index contributed by atoms with van der Waals surface area (Å²) in [6.07, 6.45) is -3.24. The number of aromatic nitrogens is 3. The summed E-state index contributed by atoms with van der Waals surface area (Å²) in [7, 11) is 0. The van der Waals surface area contributed by atoms with E-state index in [1.807, 2.05) is 0 Å². The topological polar surface area (TPSA) is 91.9 Å². The van der Waals surface area contributed by atoms with Gasteiger partial charge in [-0.05, 0) is 19.9 Å². The average Bonchev–Trinajstić information content (AvgIpc) is 2.77. The minimum atomic E-state index is -4.43. The number of halogens is 3. The molecule has 0 spiro atoms. The van der Waals surface area contributed by atoms with Crippen LogP contribution in [-0.4, -0.2) is 34.0 Å². The molecule has 0 aliphatic rings. The normalized spacial score (nSPS) is 11.2. The minimum absolute atomic E-state index is 0.185. The third-order valence-corrected chi connectivity index (χ3v) is 2.74. The molecule has 0 atom stereocenters. The summed E-state index contributed by atoms with van der Waals surface area (Å²) in [6, 6.07) is 2.09. The van der Waals surface area contributed by atoms with E-state index < -0.39 is 18.8 Å². The maximum Gasteiger partial charge on any atom is 0.422 e. The highest BCUT2D eigenvalue weighted by atomic mass is 19.4. The standard InChI is InChI=1S/C13H14F3N5O2/c1-7-11(8(2)21-20-7)19-12(22)18-9-3-4-10(17-5-9)23-6-13(14,15)16/h3-5H,6H2,1-2H3,(H,20,21)(H2,18,19,22). The van der Waals surface area contributed by atoms with E-state index in [1.54, 1.807) is 13.8 Å². The number of urea groups is 1. The van der Waals surface area contributed by atoms with Gasteiger partial charge in [0.2, 0.25) is 5.88 Å². The predicted octanol–water partition coefficient (Wildman–Crippen LogP) is 3.01. The van der Waals surface area contributed by atoms with Crippen molar-refractivity contribution in [3.63, 3.8) is 0 Å². The number of carbonyl (C=O) groups excluding carboxylic acids is 1. The first-order valence-electron chi connectivity index (χ1n) is 6.50. The van der Waals surface area contributed by atoms with Crippen LogP contribution in [0.1, 0.15) is 11.4 Å². The summed E-state index contributed by atoms with van der Waals surface area (Å²) >= 11 is 0. The fourth-order valence-electron chi connectivity index (χ4n) is 1.71. The molecule has 0 unspecified atom stereocenters. The number of aryl methyl sites for hydroxylation is 2. The van der Waals surface area contributed by atoms with Gasteiger partial charge in [-0.1, -0.05) is 0 Å². The van der Waals surface area contributed by atoms with E-state index in [0.717, 1.165) is 0 Å². The van der Waals surface area contributed by atoms with E-state index in [9.17, 15) is 18.0 Å². The number of hydrogen-bond donors (Lipinski definition) is 3. The number of nitrogens with one attached hydrogen (secondary N) is 3. The van der Waals surface area contributed by atoms with Crippen molar-refractivity contribution in [3.8, 4) is 5.88 Å². The molecule has 23 heavy (non-hydrogen) atoms. The van der Waals surface area contributed by atoms with Crippen molar-refractivity contribution in [2.24, 2.45) is 0 Å². The molecular formula is C13H14F3N5O2. The van der Waals surface area contributed by atoms with Gasteiger partial charge in [0.15, 0.2) is 6.61 Å². The minimum Gasteiger partial charge on any atom is -0.468 e. The van der Waals surface area contributed by atoms with Crippen molar-refractivity contribution in [3.05, 3.63) is 29.7 Å². The fraction of sp³-hybridized carbons (Fsp3) is 0.308. The highest BCUT2D eigenvalue weighted by Crippen LogP contribution is 2.19. The summed E-state index contributed by atoms with van der Waals surface area (Å²) in [5.74, 6) is -0.185. The number of rotatable bonds is 4. The quantitative estimate of drug-likeness (QED) is 0.804. The molecule has 124 valence electrons. The van der Waals surface area contributed by atoms with Gasteiger partial charge in [-0.15, -0.1) is 0 Å². The van der Waals surface area contributed by atoms with E-state index in [1.165, 1.54) is 18.3 Å². The number of pyridine rings is 1. The van der Waals surface area contributed by atoms with Crippen LogP contribution in [0.25, 0.3) is 0 Å². The van der Waals surface area contributed by atoms with Crippen LogP contribution >= 0.6 is 0 Å². The number of hydrogen-bond acceptors (Lipinski definition) is 4. The lowest BCUT2D eigenvalue weighted by Gasteiger charge is -2.10. The van der Waals surface area contributed by atoms with E-state index in [0.29, 0.717) is 22.8 Å². The first-order chi connectivity index (χ1) is 10.7. The molecule has 2 amide bonds. The van der Waals surface area contributed by atoms with Crippen molar-refractivity contribution < 1.29 is 22.7 Å². The Morgan fingerprint density at radius 2 is 2.04 bits per heavy atom. The van der Waals surface area contributed by atoms with Gasteiger partial charge in [0.05, 0.1) is 29.0 Å². The summed E-state index contributed by atoms with van der Waals surface area (Å²) in [5, 5.41) is 11.8. The Balaban J connectivity index is 1.92. The van der Waals surface area contributed by atoms with Crippen molar-refractivity contribution in [2.75, 3.05) is 17.2 Å². The first-order valence-corrected chi connectivity index (χ1v) is 6.50. The van der Waals surface area contributed by atoms with Crippen LogP contribution in [-0.2, 0) is 0 Å². The van der Waals surface area contributed by atoms with Gasteiger partial charge in [-0.3, -0.25) is 5.10 Å². The van der Waals surface area contributed by atoms with Crippen LogP contribution in [0.15, 0.2) is 18.3 Å². The van der Waals surface area contributed by atoms with Gasteiger partial charge < -0.3 is 15.4 Å². The second-order valence-corrected chi connectivity index (χ2v) is 4.68. The maximum absolute atomic E-state index is 12.0. The number of H-pyrrole nitrogens is 1. The zero-order chi connectivity index (χ0) is 17.0. The maximum atomic E-state index is 12.0. The van der Waals surface area contributed by atoms with Crippen LogP contribution in [0.5, 0.6) is 5.88 Å². The Morgan fingerprint density at radius 1 is 1.30 bits per heavy atom. The molecule has 0 saturated heterocycles. The summed E-state index contributed by atoms with van der Waals surface area (Å²) in [6.45, 7) is 2.06. The zero-order valence-corrected chi connectivity index (χ0v) is 12.3. The number of amides is 2. The molecule has 0 fully saturated rings. The Bertz CT molecular complexity index is 662. The molecular weight excluding hydrogens is 315 g/mol. The van der Waals surface area contributed by atoms with Crippen LogP contribution in [0.3, 0.4) is 0 Å². The number of ether oxygens (including phenoxy) is 1. The third kappa shape index (κ3) is 4.87. The Morgan fingerprint density at radius 3 is 2.57 bits per heavy atom. The van der Waals surface area contributed by atoms with Crippen LogP contribution in [0.4, 0.5) is 29.3 Å². The molecule has 2 heterocycles. The molecule has 2 aromatic rings. The lowest BCUT2D eigenvalue weighted by molar-refractivity contribution is -0.154. The molecule has 0 aliphatic carbocycles. The molecule has 0 saturated carbocycles. The highest BCUT2D eigenvalue weighted by Gasteiger charge is 2.28. The monoisotopic (exact) mass is 329 g/mol. The molecule has 0 aliphatic heterocycles. The van der Waals surface area contributed by atoms with Crippen LogP contribution < -0.4 is 15.4 Å². The van der Waals surface area contributed by atoms with E-state index in [-0.39, 0.29) is 5.88 Å². The third-order valence-electron chi connectivity index (χ3n) is 2.74. The second kappa shape index (κ2) is 6.55. The predicted molar refractivity (Wildman–Crippen MR) is 76.5 cm³/mol. The van der Waals surface area contributed by atoms with Gasteiger partial charge in [0.1, 0.15) is 0 Å². The van der Waals surface area contributed by atoms with Crippen molar-refractivity contribution >= 4 is 17.4 Å². The molecule has 10 heteroatoms. The molecule has 2 aromatic heterocycles.